The molecule has 0 aromatic heterocycles. The maximum absolute atomic E-state index is 13.6. The molecule has 3 aromatic rings. The second-order valence-corrected chi connectivity index (χ2v) is 9.88. The Bertz CT molecular complexity index is 1360. The Morgan fingerprint density at radius 2 is 1.67 bits per heavy atom. The number of amides is 1. The number of aliphatic hydroxyl groups is 1. The number of rotatable bonds is 5. The van der Waals surface area contributed by atoms with Gasteiger partial charge in [-0.2, -0.15) is 0 Å². The van der Waals surface area contributed by atoms with Crippen LogP contribution in [-0.2, 0) is 21.2 Å². The van der Waals surface area contributed by atoms with Crippen molar-refractivity contribution in [1.29, 1.82) is 0 Å². The monoisotopic (exact) mass is 463 g/mol. The molecule has 0 fully saturated rings. The number of fused-ring (bicyclic) bond motifs is 1. The molecule has 1 atom stereocenters. The van der Waals surface area contributed by atoms with Crippen molar-refractivity contribution >= 4 is 15.7 Å². The van der Waals surface area contributed by atoms with Crippen LogP contribution in [0.1, 0.15) is 22.7 Å². The van der Waals surface area contributed by atoms with Gasteiger partial charge in [0.05, 0.1) is 10.9 Å². The number of hydrogen-bond donors (Lipinski definition) is 1. The first-order valence-electron chi connectivity index (χ1n) is 10.4. The second kappa shape index (κ2) is 7.97. The Kier molecular flexibility index (Phi) is 5.09. The molecule has 1 amide bonds. The smallest absolute Gasteiger partial charge is 0.290 e. The lowest BCUT2D eigenvalue weighted by molar-refractivity contribution is -0.130. The maximum Gasteiger partial charge on any atom is 0.290 e. The molecular weight excluding hydrogens is 442 g/mol. The lowest BCUT2D eigenvalue weighted by atomic mass is 10.0. The van der Waals surface area contributed by atoms with Crippen LogP contribution in [0.3, 0.4) is 0 Å². The summed E-state index contributed by atoms with van der Waals surface area (Å²) in [6.45, 7) is 2.12. The van der Waals surface area contributed by atoms with E-state index in [9.17, 15) is 18.3 Å². The van der Waals surface area contributed by atoms with E-state index in [0.29, 0.717) is 17.1 Å². The van der Waals surface area contributed by atoms with Crippen LogP contribution in [0.25, 0.3) is 0 Å². The highest BCUT2D eigenvalue weighted by atomic mass is 32.2. The van der Waals surface area contributed by atoms with Crippen molar-refractivity contribution in [2.24, 2.45) is 0 Å². The van der Waals surface area contributed by atoms with Gasteiger partial charge in [-0.15, -0.1) is 0 Å². The van der Waals surface area contributed by atoms with Gasteiger partial charge in [0, 0.05) is 6.54 Å². The van der Waals surface area contributed by atoms with E-state index >= 15 is 0 Å². The standard InChI is InChI=1S/C25H21NO6S/c1-16-7-10-18(11-8-16)22-24(33(29,30)19-5-3-2-4-6-19)23(27)25(28)26(22)14-17-9-12-20-21(13-17)32-15-31-20/h2-13,22,27H,14-15H2,1H3. The van der Waals surface area contributed by atoms with Crippen molar-refractivity contribution in [3.63, 3.8) is 0 Å². The average Bonchev–Trinajstić information content (AvgIpc) is 3.38. The van der Waals surface area contributed by atoms with Gasteiger partial charge in [-0.3, -0.25) is 4.79 Å². The molecular formula is C25H21NO6S. The zero-order chi connectivity index (χ0) is 23.2. The van der Waals surface area contributed by atoms with E-state index in [-0.39, 0.29) is 23.1 Å². The van der Waals surface area contributed by atoms with E-state index in [1.165, 1.54) is 17.0 Å². The summed E-state index contributed by atoms with van der Waals surface area (Å²) in [5.74, 6) is -0.340. The molecule has 1 N–H and O–H groups in total. The first-order valence-corrected chi connectivity index (χ1v) is 11.8. The molecule has 2 aliphatic rings. The number of nitrogens with zero attached hydrogens (tertiary/aromatic N) is 1. The van der Waals surface area contributed by atoms with Crippen LogP contribution in [0.2, 0.25) is 0 Å². The van der Waals surface area contributed by atoms with Crippen LogP contribution >= 0.6 is 0 Å². The summed E-state index contributed by atoms with van der Waals surface area (Å²) in [7, 11) is -4.14. The van der Waals surface area contributed by atoms with Gasteiger partial charge < -0.3 is 19.5 Å². The van der Waals surface area contributed by atoms with E-state index in [2.05, 4.69) is 0 Å². The summed E-state index contributed by atoms with van der Waals surface area (Å²) in [6.07, 6.45) is 0. The van der Waals surface area contributed by atoms with Crippen molar-refractivity contribution in [3.8, 4) is 11.5 Å². The largest absolute Gasteiger partial charge is 0.502 e. The Hall–Kier alpha value is -3.78. The van der Waals surface area contributed by atoms with Gasteiger partial charge in [0.2, 0.25) is 16.6 Å². The first-order chi connectivity index (χ1) is 15.9. The van der Waals surface area contributed by atoms with Crippen molar-refractivity contribution < 1.29 is 27.8 Å². The van der Waals surface area contributed by atoms with Crippen LogP contribution in [0.5, 0.6) is 11.5 Å². The van der Waals surface area contributed by atoms with Crippen LogP contribution in [0.4, 0.5) is 0 Å². The van der Waals surface area contributed by atoms with Crippen LogP contribution in [0, 0.1) is 6.92 Å². The summed E-state index contributed by atoms with van der Waals surface area (Å²) in [5, 5.41) is 10.8. The first kappa shape index (κ1) is 21.1. The molecule has 3 aromatic carbocycles. The number of sulfone groups is 1. The van der Waals surface area contributed by atoms with Gasteiger partial charge in [-0.25, -0.2) is 8.42 Å². The minimum Gasteiger partial charge on any atom is -0.502 e. The van der Waals surface area contributed by atoms with E-state index in [1.807, 2.05) is 19.1 Å². The summed E-state index contributed by atoms with van der Waals surface area (Å²) >= 11 is 0. The van der Waals surface area contributed by atoms with Gasteiger partial charge in [-0.1, -0.05) is 54.1 Å². The number of hydrogen-bond acceptors (Lipinski definition) is 6. The van der Waals surface area contributed by atoms with E-state index < -0.39 is 27.5 Å². The molecule has 0 saturated heterocycles. The van der Waals surface area contributed by atoms with Gasteiger partial charge in [0.1, 0.15) is 4.91 Å². The molecule has 168 valence electrons. The fourth-order valence-corrected chi connectivity index (χ4v) is 5.78. The highest BCUT2D eigenvalue weighted by Crippen LogP contribution is 2.44. The predicted octanol–water partition coefficient (Wildman–Crippen LogP) is 4.05. The normalized spacial score (nSPS) is 17.7. The molecule has 5 rings (SSSR count). The molecule has 0 spiro atoms. The van der Waals surface area contributed by atoms with Gasteiger partial charge >= 0.3 is 0 Å². The zero-order valence-corrected chi connectivity index (χ0v) is 18.6. The molecule has 0 bridgehead atoms. The highest BCUT2D eigenvalue weighted by molar-refractivity contribution is 7.95. The molecule has 8 heteroatoms. The molecule has 0 aliphatic carbocycles. The van der Waals surface area contributed by atoms with E-state index in [0.717, 1.165) is 11.1 Å². The quantitative estimate of drug-likeness (QED) is 0.614. The molecule has 2 aliphatic heterocycles. The van der Waals surface area contributed by atoms with Gasteiger partial charge in [-0.05, 0) is 42.3 Å². The molecule has 0 saturated carbocycles. The molecule has 0 radical (unpaired) electrons. The minimum absolute atomic E-state index is 0.0152. The van der Waals surface area contributed by atoms with Gasteiger partial charge in [0.15, 0.2) is 17.3 Å². The Morgan fingerprint density at radius 3 is 2.39 bits per heavy atom. The van der Waals surface area contributed by atoms with Crippen LogP contribution in [-0.4, -0.2) is 31.1 Å². The maximum atomic E-state index is 13.6. The Morgan fingerprint density at radius 1 is 0.970 bits per heavy atom. The SMILES string of the molecule is Cc1ccc(C2C(S(=O)(=O)c3ccccc3)=C(O)C(=O)N2Cc2ccc3c(c2)OCO3)cc1. The molecule has 33 heavy (non-hydrogen) atoms. The Labute approximate surface area is 191 Å². The summed E-state index contributed by atoms with van der Waals surface area (Å²) in [6, 6.07) is 19.4. The topological polar surface area (TPSA) is 93.1 Å². The van der Waals surface area contributed by atoms with Crippen molar-refractivity contribution in [3.05, 3.63) is 100 Å². The predicted molar refractivity (Wildman–Crippen MR) is 120 cm³/mol. The van der Waals surface area contributed by atoms with E-state index in [4.69, 9.17) is 9.47 Å². The molecule has 2 heterocycles. The van der Waals surface area contributed by atoms with Crippen molar-refractivity contribution in [2.45, 2.75) is 24.4 Å². The van der Waals surface area contributed by atoms with E-state index in [1.54, 1.807) is 48.5 Å². The average molecular weight is 464 g/mol. The third-order valence-electron chi connectivity index (χ3n) is 5.78. The zero-order valence-electron chi connectivity index (χ0n) is 17.8. The lowest BCUT2D eigenvalue weighted by Crippen LogP contribution is -2.30. The van der Waals surface area contributed by atoms with Crippen molar-refractivity contribution in [1.82, 2.24) is 4.90 Å². The van der Waals surface area contributed by atoms with Crippen molar-refractivity contribution in [2.75, 3.05) is 6.79 Å². The molecule has 7 nitrogen and oxygen atoms in total. The van der Waals surface area contributed by atoms with Gasteiger partial charge in [0.25, 0.3) is 5.91 Å². The van der Waals surface area contributed by atoms with Crippen LogP contribution in [0.15, 0.2) is 88.4 Å². The number of aliphatic hydroxyl groups excluding tert-OH is 1. The summed E-state index contributed by atoms with van der Waals surface area (Å²) in [5.41, 5.74) is 2.30. The van der Waals surface area contributed by atoms with Crippen LogP contribution < -0.4 is 9.47 Å². The number of carbonyl (C=O) groups excluding carboxylic acids is 1. The number of aryl methyl sites for hydroxylation is 1. The number of carbonyl (C=O) groups is 1. The number of ether oxygens (including phenoxy) is 2. The second-order valence-electron chi connectivity index (χ2n) is 7.96. The fourth-order valence-electron chi connectivity index (χ4n) is 4.11. The lowest BCUT2D eigenvalue weighted by Gasteiger charge is -2.27. The summed E-state index contributed by atoms with van der Waals surface area (Å²) < 4.78 is 37.9. The highest BCUT2D eigenvalue weighted by Gasteiger charge is 2.46. The summed E-state index contributed by atoms with van der Waals surface area (Å²) in [4.78, 5) is 14.2. The molecule has 1 unspecified atom stereocenters. The minimum atomic E-state index is -4.14. The third kappa shape index (κ3) is 3.62. The fraction of sp³-hybridized carbons (Fsp3) is 0.160. The Balaban J connectivity index is 1.61. The third-order valence-corrected chi connectivity index (χ3v) is 7.67. The number of benzene rings is 3.